The standard InChI is InChI=1S/C60H38N4/c1-5-17-39(18-6-1)54-37-55(40-19-7-2-8-20-40)62-59(61-54)50-28-14-13-27-46(50)44-32-34-51(60-63-56(41-21-9-3-10-22-41)38-57(64-60)42-23-11-4-12-24-42)52(35-44)45-31-33-47-48-29-15-25-43-26-16-30-49(58(43)48)53(47)36-45/h1-38H. The van der Waals surface area contributed by atoms with E-state index in [-0.39, 0.29) is 0 Å². The molecule has 64 heavy (non-hydrogen) atoms. The van der Waals surface area contributed by atoms with E-state index in [1.54, 1.807) is 0 Å². The molecule has 0 radical (unpaired) electrons. The van der Waals surface area contributed by atoms with Gasteiger partial charge in [-0.15, -0.1) is 0 Å². The summed E-state index contributed by atoms with van der Waals surface area (Å²) in [4.78, 5) is 21.2. The largest absolute Gasteiger partial charge is 0.228 e. The number of aromatic nitrogens is 4. The lowest BCUT2D eigenvalue weighted by atomic mass is 9.90. The summed E-state index contributed by atoms with van der Waals surface area (Å²) in [5, 5.41) is 2.56. The molecule has 0 aliphatic heterocycles. The summed E-state index contributed by atoms with van der Waals surface area (Å²) < 4.78 is 0. The van der Waals surface area contributed by atoms with Gasteiger partial charge in [0.2, 0.25) is 0 Å². The molecular formula is C60H38N4. The van der Waals surface area contributed by atoms with E-state index < -0.39 is 0 Å². The van der Waals surface area contributed by atoms with Crippen LogP contribution in [0.5, 0.6) is 0 Å². The Morgan fingerprint density at radius 3 is 1.05 bits per heavy atom. The van der Waals surface area contributed by atoms with Crippen molar-refractivity contribution in [2.45, 2.75) is 0 Å². The molecule has 1 aliphatic carbocycles. The van der Waals surface area contributed by atoms with Gasteiger partial charge in [0.05, 0.1) is 22.8 Å². The van der Waals surface area contributed by atoms with Crippen molar-refractivity contribution in [3.63, 3.8) is 0 Å². The predicted octanol–water partition coefficient (Wildman–Crippen LogP) is 15.4. The van der Waals surface area contributed by atoms with Gasteiger partial charge >= 0.3 is 0 Å². The minimum atomic E-state index is 0.660. The highest BCUT2D eigenvalue weighted by molar-refractivity contribution is 6.15. The van der Waals surface area contributed by atoms with Gasteiger partial charge in [-0.25, -0.2) is 19.9 Å². The van der Waals surface area contributed by atoms with Crippen molar-refractivity contribution < 1.29 is 0 Å². The molecule has 4 heteroatoms. The summed E-state index contributed by atoms with van der Waals surface area (Å²) in [5.41, 5.74) is 18.7. The normalized spacial score (nSPS) is 11.4. The SMILES string of the molecule is c1ccc(-c2cc(-c3ccccc3)nc(-c3ccccc3-c3ccc(-c4nc(-c5ccccc5)cc(-c5ccccc5)n4)c(-c4ccc5c(c4)-c4cccc6cccc-5c46)c3)n2)cc1. The predicted molar refractivity (Wildman–Crippen MR) is 263 cm³/mol. The van der Waals surface area contributed by atoms with Crippen LogP contribution in [0.2, 0.25) is 0 Å². The van der Waals surface area contributed by atoms with Gasteiger partial charge in [0, 0.05) is 33.4 Å². The lowest BCUT2D eigenvalue weighted by Gasteiger charge is -2.17. The fourth-order valence-electron chi connectivity index (χ4n) is 9.20. The van der Waals surface area contributed by atoms with Crippen LogP contribution >= 0.6 is 0 Å². The van der Waals surface area contributed by atoms with Crippen LogP contribution in [-0.4, -0.2) is 19.9 Å². The number of hydrogen-bond donors (Lipinski definition) is 0. The van der Waals surface area contributed by atoms with Crippen molar-refractivity contribution in [2.75, 3.05) is 0 Å². The molecule has 0 spiro atoms. The van der Waals surface area contributed by atoms with Crippen LogP contribution in [0.3, 0.4) is 0 Å². The number of fused-ring (bicyclic) bond motifs is 3. The number of nitrogens with zero attached hydrogens (tertiary/aromatic N) is 4. The maximum Gasteiger partial charge on any atom is 0.161 e. The zero-order valence-electron chi connectivity index (χ0n) is 34.7. The van der Waals surface area contributed by atoms with Crippen molar-refractivity contribution in [2.24, 2.45) is 0 Å². The van der Waals surface area contributed by atoms with E-state index in [9.17, 15) is 0 Å². The molecule has 0 fully saturated rings. The Morgan fingerprint density at radius 2 is 0.562 bits per heavy atom. The van der Waals surface area contributed by atoms with Crippen molar-refractivity contribution in [1.82, 2.24) is 19.9 Å². The van der Waals surface area contributed by atoms with Crippen LogP contribution in [0.4, 0.5) is 0 Å². The van der Waals surface area contributed by atoms with Gasteiger partial charge in [-0.1, -0.05) is 200 Å². The van der Waals surface area contributed by atoms with Gasteiger partial charge in [-0.3, -0.25) is 0 Å². The molecular weight excluding hydrogens is 777 g/mol. The molecule has 0 saturated heterocycles. The van der Waals surface area contributed by atoms with Crippen molar-refractivity contribution in [1.29, 1.82) is 0 Å². The molecule has 1 aliphatic rings. The topological polar surface area (TPSA) is 51.6 Å². The van der Waals surface area contributed by atoms with Gasteiger partial charge in [0.25, 0.3) is 0 Å². The van der Waals surface area contributed by atoms with Gasteiger partial charge in [0.1, 0.15) is 0 Å². The molecule has 4 nitrogen and oxygen atoms in total. The first-order valence-corrected chi connectivity index (χ1v) is 21.6. The van der Waals surface area contributed by atoms with Crippen molar-refractivity contribution >= 4 is 10.8 Å². The number of benzene rings is 9. The lowest BCUT2D eigenvalue weighted by molar-refractivity contribution is 1.18. The monoisotopic (exact) mass is 814 g/mol. The van der Waals surface area contributed by atoms with Crippen LogP contribution in [0.15, 0.2) is 231 Å². The molecule has 11 aromatic rings. The molecule has 0 bridgehead atoms. The van der Waals surface area contributed by atoms with E-state index in [0.29, 0.717) is 11.6 Å². The average molecular weight is 815 g/mol. The fraction of sp³-hybridized carbons (Fsp3) is 0. The zero-order chi connectivity index (χ0) is 42.4. The Morgan fingerprint density at radius 1 is 0.203 bits per heavy atom. The summed E-state index contributed by atoms with van der Waals surface area (Å²) in [7, 11) is 0. The third kappa shape index (κ3) is 6.66. The van der Waals surface area contributed by atoms with Crippen LogP contribution in [0.1, 0.15) is 0 Å². The minimum Gasteiger partial charge on any atom is -0.228 e. The van der Waals surface area contributed by atoms with Crippen LogP contribution in [0, 0.1) is 0 Å². The van der Waals surface area contributed by atoms with E-state index in [1.165, 1.54) is 33.0 Å². The molecule has 9 aromatic carbocycles. The maximum absolute atomic E-state index is 5.34. The quantitative estimate of drug-likeness (QED) is 0.153. The molecule has 0 N–H and O–H groups in total. The zero-order valence-corrected chi connectivity index (χ0v) is 34.7. The highest BCUT2D eigenvalue weighted by Gasteiger charge is 2.24. The van der Waals surface area contributed by atoms with Gasteiger partial charge in [-0.2, -0.15) is 0 Å². The molecule has 2 aromatic heterocycles. The van der Waals surface area contributed by atoms with Crippen LogP contribution < -0.4 is 0 Å². The second-order valence-electron chi connectivity index (χ2n) is 16.2. The van der Waals surface area contributed by atoms with Gasteiger partial charge in [-0.05, 0) is 85.6 Å². The van der Waals surface area contributed by atoms with Gasteiger partial charge < -0.3 is 0 Å². The first kappa shape index (κ1) is 37.2. The Bertz CT molecular complexity index is 3410. The lowest BCUT2D eigenvalue weighted by Crippen LogP contribution is -1.99. The summed E-state index contributed by atoms with van der Waals surface area (Å²) in [6.45, 7) is 0. The second-order valence-corrected chi connectivity index (χ2v) is 16.2. The summed E-state index contributed by atoms with van der Waals surface area (Å²) in [6, 6.07) is 80.9. The summed E-state index contributed by atoms with van der Waals surface area (Å²) >= 11 is 0. The molecule has 0 atom stereocenters. The van der Waals surface area contributed by atoms with Gasteiger partial charge in [0.15, 0.2) is 11.6 Å². The molecule has 2 heterocycles. The van der Waals surface area contributed by atoms with Crippen LogP contribution in [-0.2, 0) is 0 Å². The summed E-state index contributed by atoms with van der Waals surface area (Å²) in [6.07, 6.45) is 0. The Kier molecular flexibility index (Phi) is 9.12. The molecule has 0 amide bonds. The first-order valence-electron chi connectivity index (χ1n) is 21.6. The molecule has 12 rings (SSSR count). The highest BCUT2D eigenvalue weighted by Crippen LogP contribution is 2.49. The fourth-order valence-corrected chi connectivity index (χ4v) is 9.20. The van der Waals surface area contributed by atoms with Crippen LogP contribution in [0.25, 0.3) is 123 Å². The maximum atomic E-state index is 5.34. The third-order valence-corrected chi connectivity index (χ3v) is 12.3. The Hall–Kier alpha value is -8.60. The van der Waals surface area contributed by atoms with E-state index in [1.807, 2.05) is 24.3 Å². The van der Waals surface area contributed by atoms with E-state index in [2.05, 4.69) is 206 Å². The molecule has 0 unspecified atom stereocenters. The molecule has 298 valence electrons. The molecule has 0 saturated carbocycles. The number of hydrogen-bond acceptors (Lipinski definition) is 4. The van der Waals surface area contributed by atoms with Crippen molar-refractivity contribution in [3.8, 4) is 112 Å². The minimum absolute atomic E-state index is 0.660. The summed E-state index contributed by atoms with van der Waals surface area (Å²) in [5.74, 6) is 1.32. The smallest absolute Gasteiger partial charge is 0.161 e. The average Bonchev–Trinajstić information content (AvgIpc) is 3.71. The highest BCUT2D eigenvalue weighted by atomic mass is 14.9. The number of rotatable bonds is 8. The Labute approximate surface area is 371 Å². The van der Waals surface area contributed by atoms with E-state index in [0.717, 1.165) is 78.4 Å². The van der Waals surface area contributed by atoms with Crippen molar-refractivity contribution in [3.05, 3.63) is 231 Å². The second kappa shape index (κ2) is 15.7. The third-order valence-electron chi connectivity index (χ3n) is 12.3. The van der Waals surface area contributed by atoms with E-state index in [4.69, 9.17) is 19.9 Å². The van der Waals surface area contributed by atoms with E-state index >= 15 is 0 Å². The first-order chi connectivity index (χ1) is 31.7. The Balaban J connectivity index is 1.08.